The molecule has 30 heavy (non-hydrogen) atoms. The van der Waals surface area contributed by atoms with Gasteiger partial charge in [-0.05, 0) is 53.2 Å². The third-order valence-electron chi connectivity index (χ3n) is 4.37. The molecule has 0 saturated heterocycles. The minimum absolute atomic E-state index is 0.112. The summed E-state index contributed by atoms with van der Waals surface area (Å²) in [5.74, 6) is -1.56. The predicted octanol–water partition coefficient (Wildman–Crippen LogP) is 4.89. The van der Waals surface area contributed by atoms with Crippen molar-refractivity contribution < 1.29 is 18.3 Å². The van der Waals surface area contributed by atoms with Crippen molar-refractivity contribution in [3.63, 3.8) is 0 Å². The second kappa shape index (κ2) is 9.09. The number of aromatic nitrogens is 1. The molecule has 0 spiro atoms. The number of amides is 1. The zero-order valence-electron chi connectivity index (χ0n) is 15.9. The van der Waals surface area contributed by atoms with Crippen LogP contribution in [0.1, 0.15) is 21.6 Å². The molecule has 1 amide bonds. The third-order valence-corrected chi connectivity index (χ3v) is 5.59. The van der Waals surface area contributed by atoms with E-state index in [9.17, 15) is 18.4 Å². The van der Waals surface area contributed by atoms with Crippen molar-refractivity contribution in [1.82, 2.24) is 9.88 Å². The fourth-order valence-corrected chi connectivity index (χ4v) is 3.67. The van der Waals surface area contributed by atoms with Gasteiger partial charge in [0.2, 0.25) is 0 Å². The smallest absolute Gasteiger partial charge is 0.273 e. The standard InChI is InChI=1S/C21H16Br2F2N2O3/c1-11-7-18(30-10-12-3-5-14(24)9-16(12)25)19(23)21(29)27(11)17-6-4-13(22)8-15(17)20(28)26-2/h3-9H,10H2,1-2H3,(H,26,28). The highest BCUT2D eigenvalue weighted by molar-refractivity contribution is 9.10. The van der Waals surface area contributed by atoms with Crippen LogP contribution < -0.4 is 15.6 Å². The number of carbonyl (C=O) groups excluding carboxylic acids is 1. The SMILES string of the molecule is CNC(=O)c1cc(Br)ccc1-n1c(C)cc(OCc2ccc(F)cc2F)c(Br)c1=O. The molecule has 0 aliphatic carbocycles. The minimum Gasteiger partial charge on any atom is -0.487 e. The number of pyridine rings is 1. The topological polar surface area (TPSA) is 60.3 Å². The first-order valence-corrected chi connectivity index (χ1v) is 10.3. The molecule has 3 rings (SSSR count). The Kier molecular flexibility index (Phi) is 6.72. The van der Waals surface area contributed by atoms with Crippen LogP contribution in [0.3, 0.4) is 0 Å². The lowest BCUT2D eigenvalue weighted by atomic mass is 10.1. The second-order valence-electron chi connectivity index (χ2n) is 6.37. The van der Waals surface area contributed by atoms with Crippen molar-refractivity contribution in [1.29, 1.82) is 0 Å². The Bertz CT molecular complexity index is 1200. The van der Waals surface area contributed by atoms with Crippen LogP contribution in [0.5, 0.6) is 5.75 Å². The van der Waals surface area contributed by atoms with Gasteiger partial charge in [-0.2, -0.15) is 0 Å². The first-order valence-electron chi connectivity index (χ1n) is 8.73. The molecule has 156 valence electrons. The number of nitrogens with zero attached hydrogens (tertiary/aromatic N) is 1. The van der Waals surface area contributed by atoms with Crippen LogP contribution >= 0.6 is 31.9 Å². The van der Waals surface area contributed by atoms with Crippen molar-refractivity contribution in [2.45, 2.75) is 13.5 Å². The number of rotatable bonds is 5. The lowest BCUT2D eigenvalue weighted by Crippen LogP contribution is -2.26. The van der Waals surface area contributed by atoms with E-state index in [0.29, 0.717) is 21.4 Å². The van der Waals surface area contributed by atoms with Crippen LogP contribution in [-0.4, -0.2) is 17.5 Å². The van der Waals surface area contributed by atoms with E-state index < -0.39 is 17.2 Å². The average molecular weight is 542 g/mol. The molecule has 0 aliphatic rings. The number of hydrogen-bond donors (Lipinski definition) is 1. The molecular formula is C21H16Br2F2N2O3. The number of ether oxygens (including phenoxy) is 1. The van der Waals surface area contributed by atoms with Crippen molar-refractivity contribution >= 4 is 37.8 Å². The molecule has 0 saturated carbocycles. The van der Waals surface area contributed by atoms with E-state index >= 15 is 0 Å². The van der Waals surface area contributed by atoms with Gasteiger partial charge in [-0.1, -0.05) is 15.9 Å². The first kappa shape index (κ1) is 22.2. The van der Waals surface area contributed by atoms with Gasteiger partial charge in [-0.3, -0.25) is 14.2 Å². The molecule has 3 aromatic rings. The molecular weight excluding hydrogens is 526 g/mol. The number of hydrogen-bond acceptors (Lipinski definition) is 3. The van der Waals surface area contributed by atoms with Gasteiger partial charge in [-0.15, -0.1) is 0 Å². The van der Waals surface area contributed by atoms with Crippen molar-refractivity contribution in [2.75, 3.05) is 7.05 Å². The third kappa shape index (κ3) is 4.46. The maximum absolute atomic E-state index is 13.8. The molecule has 1 N–H and O–H groups in total. The summed E-state index contributed by atoms with van der Waals surface area (Å²) in [6.07, 6.45) is 0. The molecule has 0 fully saturated rings. The van der Waals surface area contributed by atoms with Gasteiger partial charge in [0.25, 0.3) is 11.5 Å². The summed E-state index contributed by atoms with van der Waals surface area (Å²) in [6.45, 7) is 1.50. The number of aryl methyl sites for hydroxylation is 1. The highest BCUT2D eigenvalue weighted by Gasteiger charge is 2.19. The normalized spacial score (nSPS) is 10.7. The van der Waals surface area contributed by atoms with E-state index in [1.165, 1.54) is 17.7 Å². The van der Waals surface area contributed by atoms with Crippen LogP contribution in [0.25, 0.3) is 5.69 Å². The first-order chi connectivity index (χ1) is 14.2. The van der Waals surface area contributed by atoms with Crippen LogP contribution in [0, 0.1) is 18.6 Å². The van der Waals surface area contributed by atoms with Gasteiger partial charge in [-0.25, -0.2) is 8.78 Å². The summed E-state index contributed by atoms with van der Waals surface area (Å²) in [6, 6.07) is 9.79. The Balaban J connectivity index is 2.02. The molecule has 5 nitrogen and oxygen atoms in total. The molecule has 0 atom stereocenters. The number of nitrogens with one attached hydrogen (secondary N) is 1. The summed E-state index contributed by atoms with van der Waals surface area (Å²) in [5.41, 5.74) is 0.921. The van der Waals surface area contributed by atoms with Crippen LogP contribution in [0.2, 0.25) is 0 Å². The average Bonchev–Trinajstić information content (AvgIpc) is 2.71. The van der Waals surface area contributed by atoms with Crippen LogP contribution in [-0.2, 0) is 6.61 Å². The molecule has 1 heterocycles. The van der Waals surface area contributed by atoms with E-state index in [1.54, 1.807) is 31.2 Å². The van der Waals surface area contributed by atoms with E-state index in [2.05, 4.69) is 37.2 Å². The van der Waals surface area contributed by atoms with Crippen LogP contribution in [0.15, 0.2) is 56.2 Å². The van der Waals surface area contributed by atoms with Crippen molar-refractivity contribution in [3.05, 3.63) is 90.2 Å². The number of halogens is 4. The summed E-state index contributed by atoms with van der Waals surface area (Å²) in [4.78, 5) is 25.4. The second-order valence-corrected chi connectivity index (χ2v) is 8.08. The van der Waals surface area contributed by atoms with Crippen molar-refractivity contribution in [2.24, 2.45) is 0 Å². The lowest BCUT2D eigenvalue weighted by molar-refractivity contribution is 0.0963. The predicted molar refractivity (Wildman–Crippen MR) is 116 cm³/mol. The fraction of sp³-hybridized carbons (Fsp3) is 0.143. The van der Waals surface area contributed by atoms with Crippen molar-refractivity contribution in [3.8, 4) is 11.4 Å². The van der Waals surface area contributed by atoms with Gasteiger partial charge < -0.3 is 10.1 Å². The quantitative estimate of drug-likeness (QED) is 0.500. The van der Waals surface area contributed by atoms with Gasteiger partial charge in [0, 0.05) is 34.9 Å². The molecule has 1 aromatic heterocycles. The molecule has 0 unspecified atom stereocenters. The minimum atomic E-state index is -0.735. The Morgan fingerprint density at radius 3 is 2.53 bits per heavy atom. The Hall–Kier alpha value is -2.52. The molecule has 0 radical (unpaired) electrons. The van der Waals surface area contributed by atoms with E-state index in [0.717, 1.165) is 12.1 Å². The molecule has 9 heteroatoms. The summed E-state index contributed by atoms with van der Waals surface area (Å²) < 4.78 is 34.7. The Labute approximate surface area is 187 Å². The maximum Gasteiger partial charge on any atom is 0.273 e. The molecule has 0 bridgehead atoms. The van der Waals surface area contributed by atoms with Gasteiger partial charge in [0.15, 0.2) is 0 Å². The fourth-order valence-electron chi connectivity index (χ4n) is 2.90. The number of carbonyl (C=O) groups is 1. The number of benzene rings is 2. The van der Waals surface area contributed by atoms with Gasteiger partial charge in [0.05, 0.1) is 11.3 Å². The Morgan fingerprint density at radius 2 is 1.87 bits per heavy atom. The molecule has 0 aliphatic heterocycles. The largest absolute Gasteiger partial charge is 0.487 e. The Morgan fingerprint density at radius 1 is 1.13 bits per heavy atom. The highest BCUT2D eigenvalue weighted by atomic mass is 79.9. The summed E-state index contributed by atoms with van der Waals surface area (Å²) in [5, 5.41) is 2.56. The highest BCUT2D eigenvalue weighted by Crippen LogP contribution is 2.27. The zero-order valence-corrected chi connectivity index (χ0v) is 19.1. The van der Waals surface area contributed by atoms with Gasteiger partial charge in [0.1, 0.15) is 28.5 Å². The molecule has 2 aromatic carbocycles. The maximum atomic E-state index is 13.8. The zero-order chi connectivity index (χ0) is 22.0. The van der Waals surface area contributed by atoms with Crippen LogP contribution in [0.4, 0.5) is 8.78 Å². The monoisotopic (exact) mass is 540 g/mol. The summed E-state index contributed by atoms with van der Waals surface area (Å²) in [7, 11) is 1.50. The summed E-state index contributed by atoms with van der Waals surface area (Å²) >= 11 is 6.57. The van der Waals surface area contributed by atoms with Gasteiger partial charge >= 0.3 is 0 Å². The lowest BCUT2D eigenvalue weighted by Gasteiger charge is -2.17. The van der Waals surface area contributed by atoms with E-state index in [4.69, 9.17) is 4.74 Å². The van der Waals surface area contributed by atoms with E-state index in [-0.39, 0.29) is 28.3 Å². The van der Waals surface area contributed by atoms with E-state index in [1.807, 2.05) is 0 Å².